The zero-order valence-corrected chi connectivity index (χ0v) is 16.8. The van der Waals surface area contributed by atoms with Crippen LogP contribution in [0.1, 0.15) is 6.92 Å². The normalized spacial score (nSPS) is 10.6. The van der Waals surface area contributed by atoms with Crippen molar-refractivity contribution < 1.29 is 18.3 Å². The molecule has 0 aliphatic heterocycles. The highest BCUT2D eigenvalue weighted by Crippen LogP contribution is 2.31. The van der Waals surface area contributed by atoms with E-state index in [2.05, 4.69) is 15.0 Å². The van der Waals surface area contributed by atoms with E-state index in [-0.39, 0.29) is 23.1 Å². The van der Waals surface area contributed by atoms with Gasteiger partial charge in [0.15, 0.2) is 17.4 Å². The minimum atomic E-state index is -1.13. The van der Waals surface area contributed by atoms with Gasteiger partial charge < -0.3 is 14.5 Å². The molecule has 0 unspecified atom stereocenters. The van der Waals surface area contributed by atoms with Crippen LogP contribution >= 0.6 is 0 Å². The second-order valence-electron chi connectivity index (χ2n) is 6.66. The Kier molecular flexibility index (Phi) is 6.51. The maximum atomic E-state index is 14.6. The number of pyridine rings is 1. The Balaban J connectivity index is 1.76. The van der Waals surface area contributed by atoms with Crippen molar-refractivity contribution in [2.45, 2.75) is 6.92 Å². The summed E-state index contributed by atoms with van der Waals surface area (Å²) < 4.78 is 34.5. The predicted molar refractivity (Wildman–Crippen MR) is 108 cm³/mol. The van der Waals surface area contributed by atoms with Gasteiger partial charge in [0.05, 0.1) is 12.4 Å². The van der Waals surface area contributed by atoms with Crippen LogP contribution in [0.5, 0.6) is 11.6 Å². The maximum absolute atomic E-state index is 14.6. The second kappa shape index (κ2) is 9.25. The van der Waals surface area contributed by atoms with E-state index in [1.165, 1.54) is 37.6 Å². The van der Waals surface area contributed by atoms with Crippen LogP contribution in [0.25, 0.3) is 11.1 Å². The van der Waals surface area contributed by atoms with E-state index in [1.54, 1.807) is 42.2 Å². The third kappa shape index (κ3) is 4.86. The summed E-state index contributed by atoms with van der Waals surface area (Å²) in [6.45, 7) is 2.49. The summed E-state index contributed by atoms with van der Waals surface area (Å²) in [6, 6.07) is 6.04. The molecule has 1 amide bonds. The van der Waals surface area contributed by atoms with Gasteiger partial charge in [0.2, 0.25) is 17.6 Å². The maximum Gasteiger partial charge on any atom is 0.239 e. The zero-order valence-electron chi connectivity index (χ0n) is 16.8. The molecule has 2 aromatic heterocycles. The number of carbonyl (C=O) groups is 1. The molecular weight excluding hydrogens is 392 g/mol. The Morgan fingerprint density at radius 1 is 1.03 bits per heavy atom. The fourth-order valence-corrected chi connectivity index (χ4v) is 2.61. The van der Waals surface area contributed by atoms with Crippen LogP contribution in [0, 0.1) is 11.6 Å². The lowest BCUT2D eigenvalue weighted by Crippen LogP contribution is -2.33. The second-order valence-corrected chi connectivity index (χ2v) is 6.66. The van der Waals surface area contributed by atoms with Gasteiger partial charge >= 0.3 is 0 Å². The topological polar surface area (TPSA) is 71.5 Å². The minimum absolute atomic E-state index is 0.0201. The van der Waals surface area contributed by atoms with Crippen LogP contribution in [0.15, 0.2) is 49.1 Å². The number of nitrogens with zero attached hydrogens (tertiary/aromatic N) is 5. The number of amides is 1. The summed E-state index contributed by atoms with van der Waals surface area (Å²) in [4.78, 5) is 26.9. The highest BCUT2D eigenvalue weighted by Gasteiger charge is 2.17. The molecule has 0 aliphatic carbocycles. The number of carbonyl (C=O) groups excluding carboxylic acids is 1. The summed E-state index contributed by atoms with van der Waals surface area (Å²) in [5, 5.41) is 0. The first-order chi connectivity index (χ1) is 14.4. The van der Waals surface area contributed by atoms with Crippen molar-refractivity contribution in [2.24, 2.45) is 0 Å². The Bertz CT molecular complexity index is 1030. The molecule has 2 heterocycles. The van der Waals surface area contributed by atoms with Gasteiger partial charge in [-0.3, -0.25) is 14.8 Å². The Morgan fingerprint density at radius 3 is 2.53 bits per heavy atom. The number of anilines is 1. The quantitative estimate of drug-likeness (QED) is 0.590. The van der Waals surface area contributed by atoms with Gasteiger partial charge in [0.25, 0.3) is 0 Å². The number of hydrogen-bond acceptors (Lipinski definition) is 6. The standard InChI is InChI=1S/C21H21F2N5O2/c1-14(29)27(2)9-10-28(3)18-12-25-13-19(26-18)30-17-7-6-16(20(22)21(17)23)15-5-4-8-24-11-15/h4-8,11-13H,9-10H2,1-3H3. The van der Waals surface area contributed by atoms with E-state index in [4.69, 9.17) is 4.74 Å². The molecule has 1 aromatic carbocycles. The predicted octanol–water partition coefficient (Wildman–Crippen LogP) is 3.52. The monoisotopic (exact) mass is 413 g/mol. The van der Waals surface area contributed by atoms with E-state index in [0.717, 1.165) is 0 Å². The first-order valence-corrected chi connectivity index (χ1v) is 9.18. The molecule has 0 spiro atoms. The lowest BCUT2D eigenvalue weighted by atomic mass is 10.1. The highest BCUT2D eigenvalue weighted by molar-refractivity contribution is 5.72. The smallest absolute Gasteiger partial charge is 0.239 e. The first kappa shape index (κ1) is 21.1. The van der Waals surface area contributed by atoms with Crippen molar-refractivity contribution in [1.29, 1.82) is 0 Å². The van der Waals surface area contributed by atoms with Crippen LogP contribution in [0.3, 0.4) is 0 Å². The van der Waals surface area contributed by atoms with Crippen molar-refractivity contribution in [3.8, 4) is 22.8 Å². The molecule has 0 N–H and O–H groups in total. The average Bonchev–Trinajstić information content (AvgIpc) is 2.76. The van der Waals surface area contributed by atoms with Crippen LogP contribution in [0.4, 0.5) is 14.6 Å². The summed E-state index contributed by atoms with van der Waals surface area (Å²) in [7, 11) is 3.48. The van der Waals surface area contributed by atoms with Gasteiger partial charge in [-0.05, 0) is 18.2 Å². The summed E-state index contributed by atoms with van der Waals surface area (Å²) >= 11 is 0. The fourth-order valence-electron chi connectivity index (χ4n) is 2.61. The number of benzene rings is 1. The molecule has 0 atom stereocenters. The van der Waals surface area contributed by atoms with Gasteiger partial charge in [-0.15, -0.1) is 0 Å². The van der Waals surface area contributed by atoms with Crippen molar-refractivity contribution in [3.05, 3.63) is 60.7 Å². The minimum Gasteiger partial charge on any atom is -0.434 e. The molecule has 3 rings (SSSR count). The number of likely N-dealkylation sites (N-methyl/N-ethyl adjacent to an activating group) is 2. The van der Waals surface area contributed by atoms with E-state index in [0.29, 0.717) is 24.5 Å². The van der Waals surface area contributed by atoms with E-state index >= 15 is 0 Å². The SMILES string of the molecule is CC(=O)N(C)CCN(C)c1cncc(Oc2ccc(-c3cccnc3)c(F)c2F)n1. The Labute approximate surface area is 173 Å². The molecule has 156 valence electrons. The Hall–Kier alpha value is -3.62. The molecule has 0 aliphatic rings. The molecule has 0 bridgehead atoms. The molecule has 3 aromatic rings. The molecule has 0 saturated heterocycles. The lowest BCUT2D eigenvalue weighted by Gasteiger charge is -2.22. The summed E-state index contributed by atoms with van der Waals surface area (Å²) in [5.41, 5.74) is 0.543. The summed E-state index contributed by atoms with van der Waals surface area (Å²) in [6.07, 6.45) is 5.83. The van der Waals surface area contributed by atoms with Crippen molar-refractivity contribution >= 4 is 11.7 Å². The van der Waals surface area contributed by atoms with Crippen LogP contribution in [0.2, 0.25) is 0 Å². The third-order valence-corrected chi connectivity index (χ3v) is 4.53. The largest absolute Gasteiger partial charge is 0.434 e. The lowest BCUT2D eigenvalue weighted by molar-refractivity contribution is -0.127. The molecule has 0 fully saturated rings. The van der Waals surface area contributed by atoms with Crippen LogP contribution in [-0.4, -0.2) is 52.9 Å². The number of ether oxygens (including phenoxy) is 1. The molecular formula is C21H21F2N5O2. The van der Waals surface area contributed by atoms with Crippen molar-refractivity contribution in [1.82, 2.24) is 19.9 Å². The fraction of sp³-hybridized carbons (Fsp3) is 0.238. The average molecular weight is 413 g/mol. The number of rotatable bonds is 7. The van der Waals surface area contributed by atoms with Gasteiger partial charge in [0.1, 0.15) is 0 Å². The number of aromatic nitrogens is 3. The first-order valence-electron chi connectivity index (χ1n) is 9.18. The number of hydrogen-bond donors (Lipinski definition) is 0. The Morgan fingerprint density at radius 2 is 1.83 bits per heavy atom. The van der Waals surface area contributed by atoms with Gasteiger partial charge in [-0.2, -0.15) is 9.37 Å². The van der Waals surface area contributed by atoms with E-state index < -0.39 is 11.6 Å². The van der Waals surface area contributed by atoms with Crippen LogP contribution in [-0.2, 0) is 4.79 Å². The molecule has 9 heteroatoms. The van der Waals surface area contributed by atoms with Crippen molar-refractivity contribution in [2.75, 3.05) is 32.1 Å². The molecule has 30 heavy (non-hydrogen) atoms. The van der Waals surface area contributed by atoms with Gasteiger partial charge in [-0.25, -0.2) is 4.39 Å². The molecule has 0 radical (unpaired) electrons. The molecule has 0 saturated carbocycles. The molecule has 7 nitrogen and oxygen atoms in total. The van der Waals surface area contributed by atoms with E-state index in [1.807, 2.05) is 0 Å². The highest BCUT2D eigenvalue weighted by atomic mass is 19.2. The van der Waals surface area contributed by atoms with E-state index in [9.17, 15) is 13.6 Å². The summed E-state index contributed by atoms with van der Waals surface area (Å²) in [5.74, 6) is -2.01. The van der Waals surface area contributed by atoms with Gasteiger partial charge in [0, 0.05) is 57.6 Å². The zero-order chi connectivity index (χ0) is 21.7. The third-order valence-electron chi connectivity index (χ3n) is 4.53. The van der Waals surface area contributed by atoms with Crippen molar-refractivity contribution in [3.63, 3.8) is 0 Å². The van der Waals surface area contributed by atoms with Crippen LogP contribution < -0.4 is 9.64 Å². The van der Waals surface area contributed by atoms with Gasteiger partial charge in [-0.1, -0.05) is 6.07 Å². The number of halogens is 2.